The molecular weight excluding hydrogens is 205 g/mol. The molecule has 1 N–H and O–H groups in total. The summed E-state index contributed by atoms with van der Waals surface area (Å²) in [6.07, 6.45) is -0.816. The van der Waals surface area contributed by atoms with Crippen LogP contribution in [0.1, 0.15) is 25.5 Å². The normalized spacial score (nSPS) is 12.3. The van der Waals surface area contributed by atoms with E-state index in [1.807, 2.05) is 18.9 Å². The third-order valence-corrected chi connectivity index (χ3v) is 2.37. The second-order valence-corrected chi connectivity index (χ2v) is 4.16. The van der Waals surface area contributed by atoms with Gasteiger partial charge in [0.1, 0.15) is 5.82 Å². The number of likely N-dealkylation sites (N-methyl/N-ethyl adjacent to an activating group) is 1. The Kier molecular flexibility index (Phi) is 4.07. The fourth-order valence-corrected chi connectivity index (χ4v) is 1.76. The molecule has 0 fully saturated rings. The van der Waals surface area contributed by atoms with Crippen LogP contribution < -0.4 is 4.90 Å². The minimum absolute atomic E-state index is 0.339. The van der Waals surface area contributed by atoms with Crippen LogP contribution in [-0.4, -0.2) is 18.7 Å². The van der Waals surface area contributed by atoms with E-state index in [-0.39, 0.29) is 5.82 Å². The van der Waals surface area contributed by atoms with Crippen molar-refractivity contribution in [2.75, 3.05) is 18.5 Å². The second-order valence-electron chi connectivity index (χ2n) is 4.16. The highest BCUT2D eigenvalue weighted by Gasteiger charge is 2.15. The number of anilines is 1. The fraction of sp³-hybridized carbons (Fsp3) is 0.385. The number of benzene rings is 1. The van der Waals surface area contributed by atoms with Crippen LogP contribution in [0.3, 0.4) is 0 Å². The number of aliphatic hydroxyl groups is 1. The predicted molar refractivity (Wildman–Crippen MR) is 65.1 cm³/mol. The van der Waals surface area contributed by atoms with Crippen LogP contribution in [0, 0.1) is 5.82 Å². The number of nitrogens with zero attached hydrogens (tertiary/aromatic N) is 1. The van der Waals surface area contributed by atoms with Gasteiger partial charge in [-0.2, -0.15) is 0 Å². The summed E-state index contributed by atoms with van der Waals surface area (Å²) >= 11 is 0. The largest absolute Gasteiger partial charge is 0.389 e. The Labute approximate surface area is 96.0 Å². The molecular formula is C13H18FNO. The number of rotatable bonds is 4. The first-order valence-electron chi connectivity index (χ1n) is 5.25. The fourth-order valence-electron chi connectivity index (χ4n) is 1.76. The Hall–Kier alpha value is -1.35. The number of hydrogen-bond donors (Lipinski definition) is 1. The molecule has 0 spiro atoms. The Balaban J connectivity index is 3.12. The van der Waals surface area contributed by atoms with Crippen LogP contribution in [0.5, 0.6) is 0 Å². The molecule has 1 atom stereocenters. The van der Waals surface area contributed by atoms with Crippen molar-refractivity contribution < 1.29 is 9.50 Å². The van der Waals surface area contributed by atoms with Gasteiger partial charge in [-0.3, -0.25) is 0 Å². The highest BCUT2D eigenvalue weighted by molar-refractivity contribution is 5.55. The van der Waals surface area contributed by atoms with E-state index in [4.69, 9.17) is 0 Å². The average molecular weight is 223 g/mol. The van der Waals surface area contributed by atoms with Gasteiger partial charge >= 0.3 is 0 Å². The number of halogens is 1. The molecule has 0 aliphatic rings. The van der Waals surface area contributed by atoms with Crippen molar-refractivity contribution in [3.8, 4) is 0 Å². The van der Waals surface area contributed by atoms with E-state index < -0.39 is 6.10 Å². The van der Waals surface area contributed by atoms with Gasteiger partial charge in [0.15, 0.2) is 0 Å². The molecule has 2 nitrogen and oxygen atoms in total. The summed E-state index contributed by atoms with van der Waals surface area (Å²) in [6.45, 7) is 7.94. The Morgan fingerprint density at radius 2 is 2.19 bits per heavy atom. The zero-order valence-electron chi connectivity index (χ0n) is 10.00. The van der Waals surface area contributed by atoms with Crippen LogP contribution in [0.15, 0.2) is 30.4 Å². The van der Waals surface area contributed by atoms with Gasteiger partial charge in [-0.1, -0.05) is 18.2 Å². The molecule has 3 heteroatoms. The molecule has 0 saturated carbocycles. The maximum Gasteiger partial charge on any atom is 0.131 e. The SMILES string of the molecule is C=C(C)CN(C)c1cccc(F)c1[C@H](C)O. The van der Waals surface area contributed by atoms with Crippen molar-refractivity contribution in [1.29, 1.82) is 0 Å². The predicted octanol–water partition coefficient (Wildman–Crippen LogP) is 2.89. The third kappa shape index (κ3) is 2.83. The van der Waals surface area contributed by atoms with Gasteiger partial charge in [-0.25, -0.2) is 4.39 Å². The Morgan fingerprint density at radius 3 is 2.69 bits per heavy atom. The molecule has 0 aromatic heterocycles. The van der Waals surface area contributed by atoms with Gasteiger partial charge in [-0.05, 0) is 26.0 Å². The summed E-state index contributed by atoms with van der Waals surface area (Å²) in [5.41, 5.74) is 2.03. The van der Waals surface area contributed by atoms with E-state index in [1.54, 1.807) is 19.1 Å². The van der Waals surface area contributed by atoms with Crippen LogP contribution >= 0.6 is 0 Å². The van der Waals surface area contributed by atoms with E-state index in [0.717, 1.165) is 5.57 Å². The lowest BCUT2D eigenvalue weighted by Gasteiger charge is -2.24. The van der Waals surface area contributed by atoms with Gasteiger partial charge in [0.05, 0.1) is 6.10 Å². The lowest BCUT2D eigenvalue weighted by Crippen LogP contribution is -2.21. The van der Waals surface area contributed by atoms with Crippen molar-refractivity contribution in [2.24, 2.45) is 0 Å². The maximum atomic E-state index is 13.6. The first kappa shape index (κ1) is 12.7. The minimum atomic E-state index is -0.816. The van der Waals surface area contributed by atoms with Crippen molar-refractivity contribution in [3.05, 3.63) is 41.7 Å². The second kappa shape index (κ2) is 5.12. The Morgan fingerprint density at radius 1 is 1.56 bits per heavy atom. The summed E-state index contributed by atoms with van der Waals surface area (Å²) in [7, 11) is 1.86. The molecule has 0 unspecified atom stereocenters. The van der Waals surface area contributed by atoms with Gasteiger partial charge in [0.2, 0.25) is 0 Å². The molecule has 0 amide bonds. The van der Waals surface area contributed by atoms with Gasteiger partial charge < -0.3 is 10.0 Å². The van der Waals surface area contributed by atoms with Crippen LogP contribution in [0.25, 0.3) is 0 Å². The molecule has 0 heterocycles. The zero-order valence-corrected chi connectivity index (χ0v) is 10.00. The topological polar surface area (TPSA) is 23.5 Å². The molecule has 1 aromatic rings. The van der Waals surface area contributed by atoms with Crippen molar-refractivity contribution >= 4 is 5.69 Å². The lowest BCUT2D eigenvalue weighted by molar-refractivity contribution is 0.194. The van der Waals surface area contributed by atoms with Crippen molar-refractivity contribution in [3.63, 3.8) is 0 Å². The molecule has 0 aliphatic carbocycles. The molecule has 88 valence electrons. The molecule has 0 aliphatic heterocycles. The molecule has 0 saturated heterocycles. The molecule has 16 heavy (non-hydrogen) atoms. The molecule has 0 bridgehead atoms. The van der Waals surface area contributed by atoms with Gasteiger partial charge in [0.25, 0.3) is 0 Å². The quantitative estimate of drug-likeness (QED) is 0.793. The summed E-state index contributed by atoms with van der Waals surface area (Å²) in [5.74, 6) is -0.374. The monoisotopic (exact) mass is 223 g/mol. The van der Waals surface area contributed by atoms with Gasteiger partial charge in [-0.15, -0.1) is 0 Å². The van der Waals surface area contributed by atoms with E-state index in [1.165, 1.54) is 6.07 Å². The summed E-state index contributed by atoms with van der Waals surface area (Å²) in [4.78, 5) is 1.88. The molecule has 1 rings (SSSR count). The van der Waals surface area contributed by atoms with E-state index in [0.29, 0.717) is 17.8 Å². The summed E-state index contributed by atoms with van der Waals surface area (Å²) in [6, 6.07) is 4.81. The minimum Gasteiger partial charge on any atom is -0.389 e. The van der Waals surface area contributed by atoms with Gasteiger partial charge in [0, 0.05) is 24.8 Å². The Bertz CT molecular complexity index is 388. The zero-order chi connectivity index (χ0) is 12.3. The smallest absolute Gasteiger partial charge is 0.131 e. The average Bonchev–Trinajstić information content (AvgIpc) is 2.15. The maximum absolute atomic E-state index is 13.6. The van der Waals surface area contributed by atoms with Crippen molar-refractivity contribution in [2.45, 2.75) is 20.0 Å². The van der Waals surface area contributed by atoms with E-state index in [2.05, 4.69) is 6.58 Å². The van der Waals surface area contributed by atoms with E-state index in [9.17, 15) is 9.50 Å². The van der Waals surface area contributed by atoms with Crippen LogP contribution in [-0.2, 0) is 0 Å². The first-order valence-corrected chi connectivity index (χ1v) is 5.25. The molecule has 0 radical (unpaired) electrons. The highest BCUT2D eigenvalue weighted by atomic mass is 19.1. The third-order valence-electron chi connectivity index (χ3n) is 2.37. The summed E-state index contributed by atoms with van der Waals surface area (Å²) < 4.78 is 13.6. The van der Waals surface area contributed by atoms with Crippen molar-refractivity contribution in [1.82, 2.24) is 0 Å². The summed E-state index contributed by atoms with van der Waals surface area (Å²) in [5, 5.41) is 9.58. The number of hydrogen-bond acceptors (Lipinski definition) is 2. The number of aliphatic hydroxyl groups excluding tert-OH is 1. The van der Waals surface area contributed by atoms with E-state index >= 15 is 0 Å². The standard InChI is InChI=1S/C13H18FNO/c1-9(2)8-15(4)12-7-5-6-11(14)13(12)10(3)16/h5-7,10,16H,1,8H2,2-4H3/t10-/m0/s1. The first-order chi connectivity index (χ1) is 7.43. The lowest BCUT2D eigenvalue weighted by atomic mass is 10.1. The van der Waals surface area contributed by atoms with Crippen LogP contribution in [0.2, 0.25) is 0 Å². The highest BCUT2D eigenvalue weighted by Crippen LogP contribution is 2.28. The molecule has 1 aromatic carbocycles. The van der Waals surface area contributed by atoms with Crippen LogP contribution in [0.4, 0.5) is 10.1 Å².